The fourth-order valence-corrected chi connectivity index (χ4v) is 4.91. The van der Waals surface area contributed by atoms with Gasteiger partial charge in [0.15, 0.2) is 0 Å². The van der Waals surface area contributed by atoms with Crippen LogP contribution in [-0.4, -0.2) is 41.7 Å². The molecule has 6 aromatic rings. The summed E-state index contributed by atoms with van der Waals surface area (Å²) < 4.78 is 2.30. The van der Waals surface area contributed by atoms with Crippen molar-refractivity contribution in [1.82, 2.24) is 19.5 Å². The highest BCUT2D eigenvalue weighted by atomic mass is 16.4. The lowest BCUT2D eigenvalue weighted by molar-refractivity contribution is 0.0686. The second-order valence-corrected chi connectivity index (χ2v) is 9.09. The summed E-state index contributed by atoms with van der Waals surface area (Å²) in [5, 5.41) is 21.4. The van der Waals surface area contributed by atoms with Crippen molar-refractivity contribution in [2.45, 2.75) is 13.5 Å². The molecule has 39 heavy (non-hydrogen) atoms. The van der Waals surface area contributed by atoms with Crippen LogP contribution in [0.3, 0.4) is 0 Å². The van der Waals surface area contributed by atoms with Gasteiger partial charge in [0.2, 0.25) is 0 Å². The molecule has 8 nitrogen and oxygen atoms in total. The zero-order valence-corrected chi connectivity index (χ0v) is 20.9. The third kappa shape index (κ3) is 4.27. The number of fused-ring (bicyclic) bond motifs is 3. The molecular formula is C31H22N4O4. The maximum absolute atomic E-state index is 11.8. The fraction of sp³-hybridized carbons (Fsp3) is 0.0645. The van der Waals surface area contributed by atoms with Crippen LogP contribution < -0.4 is 0 Å². The summed E-state index contributed by atoms with van der Waals surface area (Å²) in [6.45, 7) is 3.01. The Morgan fingerprint density at radius 2 is 1.38 bits per heavy atom. The smallest absolute Gasteiger partial charge is 0.335 e. The number of pyridine rings is 3. The van der Waals surface area contributed by atoms with E-state index in [1.807, 2.05) is 12.1 Å². The Kier molecular flexibility index (Phi) is 5.84. The Bertz CT molecular complexity index is 1910. The van der Waals surface area contributed by atoms with Gasteiger partial charge in [-0.2, -0.15) is 0 Å². The Morgan fingerprint density at radius 1 is 0.692 bits per heavy atom. The molecule has 0 bridgehead atoms. The molecule has 0 atom stereocenters. The van der Waals surface area contributed by atoms with E-state index in [4.69, 9.17) is 0 Å². The van der Waals surface area contributed by atoms with Gasteiger partial charge in [-0.15, -0.1) is 0 Å². The Hall–Kier alpha value is -5.37. The summed E-state index contributed by atoms with van der Waals surface area (Å²) in [5.41, 5.74) is 5.68. The molecule has 190 valence electrons. The van der Waals surface area contributed by atoms with Crippen LogP contribution in [0.2, 0.25) is 0 Å². The van der Waals surface area contributed by atoms with Crippen molar-refractivity contribution in [3.05, 3.63) is 102 Å². The van der Waals surface area contributed by atoms with E-state index in [0.717, 1.165) is 17.7 Å². The average Bonchev–Trinajstić information content (AvgIpc) is 3.30. The molecule has 2 aromatic carbocycles. The number of hydrogen-bond acceptors (Lipinski definition) is 5. The molecule has 0 spiro atoms. The first-order chi connectivity index (χ1) is 18.9. The lowest BCUT2D eigenvalue weighted by atomic mass is 10.0. The molecule has 0 aliphatic rings. The number of hydrogen-bond donors (Lipinski definition) is 2. The summed E-state index contributed by atoms with van der Waals surface area (Å²) in [6, 6.07) is 24.0. The van der Waals surface area contributed by atoms with Gasteiger partial charge in [0.25, 0.3) is 0 Å². The van der Waals surface area contributed by atoms with E-state index in [9.17, 15) is 19.8 Å². The van der Waals surface area contributed by atoms with Crippen molar-refractivity contribution in [2.75, 3.05) is 0 Å². The lowest BCUT2D eigenvalue weighted by Crippen LogP contribution is -2.02. The molecule has 0 amide bonds. The van der Waals surface area contributed by atoms with Crippen molar-refractivity contribution in [1.29, 1.82) is 0 Å². The van der Waals surface area contributed by atoms with Crippen LogP contribution in [-0.2, 0) is 6.54 Å². The molecule has 6 rings (SSSR count). The van der Waals surface area contributed by atoms with Gasteiger partial charge < -0.3 is 14.8 Å². The summed E-state index contributed by atoms with van der Waals surface area (Å²) >= 11 is 0. The quantitative estimate of drug-likeness (QED) is 0.264. The molecule has 0 aliphatic heterocycles. The van der Waals surface area contributed by atoms with E-state index in [-0.39, 0.29) is 22.5 Å². The predicted molar refractivity (Wildman–Crippen MR) is 149 cm³/mol. The van der Waals surface area contributed by atoms with E-state index in [1.54, 1.807) is 12.3 Å². The minimum Gasteiger partial charge on any atom is -0.478 e. The zero-order chi connectivity index (χ0) is 27.1. The summed E-state index contributed by atoms with van der Waals surface area (Å²) in [4.78, 5) is 36.6. The third-order valence-electron chi connectivity index (χ3n) is 6.79. The highest BCUT2D eigenvalue weighted by molar-refractivity contribution is 6.09. The zero-order valence-electron chi connectivity index (χ0n) is 20.9. The molecule has 0 unspecified atom stereocenters. The number of carboxylic acids is 2. The Balaban J connectivity index is 1.40. The maximum Gasteiger partial charge on any atom is 0.335 e. The van der Waals surface area contributed by atoms with Crippen molar-refractivity contribution in [3.8, 4) is 33.9 Å². The van der Waals surface area contributed by atoms with Gasteiger partial charge in [-0.1, -0.05) is 30.3 Å². The molecule has 0 radical (unpaired) electrons. The van der Waals surface area contributed by atoms with Gasteiger partial charge in [0.1, 0.15) is 0 Å². The molecule has 4 aromatic heterocycles. The summed E-state index contributed by atoms with van der Waals surface area (Å²) in [7, 11) is 0. The van der Waals surface area contributed by atoms with Gasteiger partial charge >= 0.3 is 11.9 Å². The summed E-state index contributed by atoms with van der Waals surface area (Å²) in [6.07, 6.45) is 3.10. The van der Waals surface area contributed by atoms with Crippen molar-refractivity contribution in [3.63, 3.8) is 0 Å². The van der Waals surface area contributed by atoms with Crippen LogP contribution >= 0.6 is 0 Å². The SMILES string of the molecule is CCn1c2ccccc2c2cc(-c3ccc(-c4cc(C(=O)O)cc(-c5cc(C(=O)O)ccn5)n4)nc3)ccc21. The molecule has 8 heteroatoms. The molecule has 0 saturated heterocycles. The minimum atomic E-state index is -1.13. The number of rotatable bonds is 6. The van der Waals surface area contributed by atoms with Crippen LogP contribution in [0.1, 0.15) is 27.6 Å². The number of carboxylic acid groups (broad SMARTS) is 2. The molecule has 0 saturated carbocycles. The van der Waals surface area contributed by atoms with Crippen LogP contribution in [0.25, 0.3) is 55.7 Å². The van der Waals surface area contributed by atoms with Crippen LogP contribution in [0.5, 0.6) is 0 Å². The Labute approximate surface area is 222 Å². The first-order valence-corrected chi connectivity index (χ1v) is 12.4. The predicted octanol–water partition coefficient (Wildman–Crippen LogP) is 6.40. The number of aromatic nitrogens is 4. The second kappa shape index (κ2) is 9.50. The number of aryl methyl sites for hydroxylation is 1. The number of nitrogens with zero attached hydrogens (tertiary/aromatic N) is 4. The van der Waals surface area contributed by atoms with Crippen LogP contribution in [0, 0.1) is 0 Å². The average molecular weight is 515 g/mol. The van der Waals surface area contributed by atoms with E-state index in [0.29, 0.717) is 11.4 Å². The van der Waals surface area contributed by atoms with Gasteiger partial charge in [0.05, 0.1) is 33.9 Å². The second-order valence-electron chi connectivity index (χ2n) is 9.09. The van der Waals surface area contributed by atoms with Crippen molar-refractivity contribution >= 4 is 33.7 Å². The van der Waals surface area contributed by atoms with Crippen molar-refractivity contribution in [2.24, 2.45) is 0 Å². The highest BCUT2D eigenvalue weighted by Gasteiger charge is 2.15. The molecule has 0 fully saturated rings. The van der Waals surface area contributed by atoms with Gasteiger partial charge in [-0.25, -0.2) is 14.6 Å². The summed E-state index contributed by atoms with van der Waals surface area (Å²) in [5.74, 6) is -2.24. The maximum atomic E-state index is 11.8. The molecule has 2 N–H and O–H groups in total. The van der Waals surface area contributed by atoms with E-state index in [1.165, 1.54) is 52.3 Å². The standard InChI is InChI=1S/C31H22N4O4/c1-2-35-28-6-4-3-5-22(28)23-13-18(8-10-29(23)35)20-7-9-24(33-17-20)26-15-21(31(38)39)16-27(34-26)25-14-19(30(36)37)11-12-32-25/h3-17H,2H2,1H3,(H,36,37)(H,38,39). The molecule has 0 aliphatic carbocycles. The van der Waals surface area contributed by atoms with E-state index >= 15 is 0 Å². The molecule has 4 heterocycles. The number of benzene rings is 2. The normalized spacial score (nSPS) is 11.2. The number of para-hydroxylation sites is 1. The Morgan fingerprint density at radius 3 is 2.10 bits per heavy atom. The highest BCUT2D eigenvalue weighted by Crippen LogP contribution is 2.33. The first-order valence-electron chi connectivity index (χ1n) is 12.4. The van der Waals surface area contributed by atoms with E-state index in [2.05, 4.69) is 62.8 Å². The fourth-order valence-electron chi connectivity index (χ4n) is 4.91. The lowest BCUT2D eigenvalue weighted by Gasteiger charge is -2.09. The minimum absolute atomic E-state index is 0.00108. The monoisotopic (exact) mass is 514 g/mol. The van der Waals surface area contributed by atoms with E-state index < -0.39 is 11.9 Å². The first kappa shape index (κ1) is 24.0. The van der Waals surface area contributed by atoms with Gasteiger partial charge in [-0.05, 0) is 61.0 Å². The molecular weight excluding hydrogens is 492 g/mol. The van der Waals surface area contributed by atoms with Crippen LogP contribution in [0.4, 0.5) is 0 Å². The third-order valence-corrected chi connectivity index (χ3v) is 6.79. The van der Waals surface area contributed by atoms with Crippen LogP contribution in [0.15, 0.2) is 91.3 Å². The topological polar surface area (TPSA) is 118 Å². The van der Waals surface area contributed by atoms with Crippen molar-refractivity contribution < 1.29 is 19.8 Å². The van der Waals surface area contributed by atoms with Gasteiger partial charge in [-0.3, -0.25) is 9.97 Å². The largest absolute Gasteiger partial charge is 0.478 e. The number of aromatic carboxylic acids is 2. The number of carbonyl (C=O) groups is 2. The van der Waals surface area contributed by atoms with Gasteiger partial charge in [0, 0.05) is 46.3 Å².